The standard InChI is InChI=1S/C19H32N7O8PS/c1-19(30)12(27)10(7-33-35(31)36-8-9-15(28)26(5)18(29)24(9)3)34-16(19)25(4)13-11(21-2)14(32-6)23-17(20)22-13/h9-10,12,16,21,27,30,35H,7-8H2,1-6H3,(H2,20,22,23)/t9-,10+,12+,16+,19+/m0/s1. The molecule has 1 aromatic heterocycles. The average molecular weight is 550 g/mol. The Morgan fingerprint density at radius 3 is 2.58 bits per heavy atom. The molecule has 1 unspecified atom stereocenters. The van der Waals surface area contributed by atoms with E-state index in [9.17, 15) is 24.4 Å². The number of ether oxygens (including phenoxy) is 2. The molecule has 3 amide bonds. The highest BCUT2D eigenvalue weighted by Crippen LogP contribution is 2.43. The molecule has 202 valence electrons. The van der Waals surface area contributed by atoms with Crippen LogP contribution in [-0.2, 0) is 18.6 Å². The predicted octanol–water partition coefficient (Wildman–Crippen LogP) is -0.586. The Labute approximate surface area is 212 Å². The number of urea groups is 1. The number of carbonyl (C=O) groups is 2. The second-order valence-corrected chi connectivity index (χ2v) is 11.8. The molecule has 3 rings (SSSR count). The number of nitrogen functional groups attached to an aromatic ring is 1. The summed E-state index contributed by atoms with van der Waals surface area (Å²) in [6.45, 7) is 1.11. The molecule has 2 aliphatic rings. The van der Waals surface area contributed by atoms with Crippen LogP contribution >= 0.6 is 18.6 Å². The number of nitrogens with two attached hydrogens (primary N) is 1. The van der Waals surface area contributed by atoms with Crippen LogP contribution in [0.5, 0.6) is 5.88 Å². The molecule has 17 heteroatoms. The first-order chi connectivity index (χ1) is 16.8. The van der Waals surface area contributed by atoms with Crippen molar-refractivity contribution in [3.63, 3.8) is 0 Å². The molecule has 0 saturated carbocycles. The van der Waals surface area contributed by atoms with E-state index in [0.717, 1.165) is 16.3 Å². The highest BCUT2D eigenvalue weighted by Gasteiger charge is 2.54. The van der Waals surface area contributed by atoms with Crippen molar-refractivity contribution in [3.8, 4) is 5.88 Å². The molecular weight excluding hydrogens is 517 g/mol. The topological polar surface area (TPSA) is 193 Å². The Morgan fingerprint density at radius 1 is 1.36 bits per heavy atom. The van der Waals surface area contributed by atoms with Crippen molar-refractivity contribution in [2.75, 3.05) is 63.6 Å². The number of imide groups is 1. The van der Waals surface area contributed by atoms with Gasteiger partial charge in [0, 0.05) is 33.9 Å². The van der Waals surface area contributed by atoms with E-state index in [1.807, 2.05) is 0 Å². The third-order valence-electron chi connectivity index (χ3n) is 6.15. The molecule has 0 aromatic carbocycles. The first kappa shape index (κ1) is 28.2. The van der Waals surface area contributed by atoms with E-state index in [-0.39, 0.29) is 35.9 Å². The maximum Gasteiger partial charge on any atom is 0.326 e. The Balaban J connectivity index is 1.65. The maximum absolute atomic E-state index is 12.5. The maximum atomic E-state index is 12.5. The number of aliphatic hydroxyl groups is 2. The van der Waals surface area contributed by atoms with E-state index in [1.165, 1.54) is 37.9 Å². The summed E-state index contributed by atoms with van der Waals surface area (Å²) in [4.78, 5) is 36.0. The van der Waals surface area contributed by atoms with Crippen molar-refractivity contribution in [1.29, 1.82) is 0 Å². The van der Waals surface area contributed by atoms with Crippen LogP contribution in [0.1, 0.15) is 6.92 Å². The summed E-state index contributed by atoms with van der Waals surface area (Å²) in [6.07, 6.45) is -3.50. The number of aromatic nitrogens is 2. The van der Waals surface area contributed by atoms with E-state index < -0.39 is 43.3 Å². The normalized spacial score (nSPS) is 29.1. The number of rotatable bonds is 10. The number of methoxy groups -OCH3 is 1. The zero-order valence-electron chi connectivity index (χ0n) is 20.8. The number of amides is 3. The molecule has 5 N–H and O–H groups in total. The van der Waals surface area contributed by atoms with Crippen LogP contribution in [0.15, 0.2) is 0 Å². The molecule has 36 heavy (non-hydrogen) atoms. The molecule has 6 atom stereocenters. The van der Waals surface area contributed by atoms with Crippen molar-refractivity contribution in [1.82, 2.24) is 19.8 Å². The van der Waals surface area contributed by atoms with Crippen LogP contribution in [0, 0.1) is 0 Å². The van der Waals surface area contributed by atoms with Crippen molar-refractivity contribution in [3.05, 3.63) is 0 Å². The van der Waals surface area contributed by atoms with Crippen molar-refractivity contribution in [2.45, 2.75) is 37.0 Å². The van der Waals surface area contributed by atoms with Crippen molar-refractivity contribution >= 4 is 48.0 Å². The molecule has 0 aliphatic carbocycles. The molecule has 2 fully saturated rings. The van der Waals surface area contributed by atoms with Gasteiger partial charge in [0.15, 0.2) is 12.0 Å². The quantitative estimate of drug-likeness (QED) is 0.214. The van der Waals surface area contributed by atoms with E-state index in [0.29, 0.717) is 5.69 Å². The number of nitrogens with zero attached hydrogens (tertiary/aromatic N) is 5. The van der Waals surface area contributed by atoms with Gasteiger partial charge in [-0.05, 0) is 6.92 Å². The van der Waals surface area contributed by atoms with E-state index in [4.69, 9.17) is 19.7 Å². The number of hydrogen-bond acceptors (Lipinski definition) is 14. The Morgan fingerprint density at radius 2 is 2.03 bits per heavy atom. The fraction of sp³-hybridized carbons (Fsp3) is 0.684. The molecule has 15 nitrogen and oxygen atoms in total. The van der Waals surface area contributed by atoms with Crippen LogP contribution in [0.3, 0.4) is 0 Å². The number of hydrogen-bond donors (Lipinski definition) is 4. The van der Waals surface area contributed by atoms with Crippen molar-refractivity contribution < 1.29 is 38.4 Å². The smallest absolute Gasteiger partial charge is 0.326 e. The number of carbonyl (C=O) groups excluding carboxylic acids is 2. The summed E-state index contributed by atoms with van der Waals surface area (Å²) in [6, 6.07) is -1.17. The van der Waals surface area contributed by atoms with Gasteiger partial charge in [-0.1, -0.05) is 11.4 Å². The lowest BCUT2D eigenvalue weighted by atomic mass is 9.96. The first-order valence-electron chi connectivity index (χ1n) is 10.9. The summed E-state index contributed by atoms with van der Waals surface area (Å²) in [5.74, 6) is 0.0732. The Hall–Kier alpha value is -2.36. The van der Waals surface area contributed by atoms with Gasteiger partial charge in [-0.3, -0.25) is 14.3 Å². The van der Waals surface area contributed by atoms with E-state index in [1.54, 1.807) is 14.1 Å². The van der Waals surface area contributed by atoms with Gasteiger partial charge in [0.25, 0.3) is 5.91 Å². The van der Waals surface area contributed by atoms with Crippen LogP contribution < -0.4 is 20.7 Å². The van der Waals surface area contributed by atoms with E-state index in [2.05, 4.69) is 15.3 Å². The van der Waals surface area contributed by atoms with Crippen LogP contribution in [0.2, 0.25) is 0 Å². The van der Waals surface area contributed by atoms with Gasteiger partial charge in [0.1, 0.15) is 29.5 Å². The molecular formula is C19H32N7O8PS. The lowest BCUT2D eigenvalue weighted by Crippen LogP contribution is -2.52. The lowest BCUT2D eigenvalue weighted by Gasteiger charge is -2.34. The Kier molecular flexibility index (Phi) is 8.58. The first-order valence-corrected chi connectivity index (χ1v) is 13.9. The van der Waals surface area contributed by atoms with Gasteiger partial charge in [0.2, 0.25) is 19.1 Å². The minimum Gasteiger partial charge on any atom is -0.479 e. The molecule has 2 saturated heterocycles. The second kappa shape index (κ2) is 10.9. The van der Waals surface area contributed by atoms with Crippen molar-refractivity contribution in [2.24, 2.45) is 0 Å². The van der Waals surface area contributed by atoms with Gasteiger partial charge in [-0.2, -0.15) is 9.97 Å². The van der Waals surface area contributed by atoms with Gasteiger partial charge in [-0.15, -0.1) is 0 Å². The number of likely N-dealkylation sites (N-methyl/N-ethyl adjacent to an activating group) is 3. The molecule has 0 bridgehead atoms. The minimum absolute atomic E-state index is 0.0688. The Bertz CT molecular complexity index is 1030. The van der Waals surface area contributed by atoms with Gasteiger partial charge >= 0.3 is 6.03 Å². The van der Waals surface area contributed by atoms with E-state index >= 15 is 0 Å². The summed E-state index contributed by atoms with van der Waals surface area (Å²) < 4.78 is 29.0. The molecule has 3 heterocycles. The van der Waals surface area contributed by atoms with Gasteiger partial charge in [-0.25, -0.2) is 4.79 Å². The predicted molar refractivity (Wildman–Crippen MR) is 133 cm³/mol. The third-order valence-corrected chi connectivity index (χ3v) is 8.84. The zero-order chi connectivity index (χ0) is 26.9. The summed E-state index contributed by atoms with van der Waals surface area (Å²) in [7, 11) is 4.81. The number of nitrogens with one attached hydrogen (secondary N) is 1. The van der Waals surface area contributed by atoms with Crippen LogP contribution in [0.25, 0.3) is 0 Å². The summed E-state index contributed by atoms with van der Waals surface area (Å²) >= 11 is 0.904. The largest absolute Gasteiger partial charge is 0.479 e. The monoisotopic (exact) mass is 549 g/mol. The van der Waals surface area contributed by atoms with Crippen LogP contribution in [-0.4, -0.2) is 120 Å². The SMILES string of the molecule is CNc1c(OC)nc(N)nc1N(C)[C@@H]1O[C@H](CO[PH](=O)SC[C@H]2C(=O)N(C)C(=O)N2C)[C@@H](O)[C@@]1(C)O. The zero-order valence-corrected chi connectivity index (χ0v) is 22.6. The number of aliphatic hydroxyl groups excluding tert-OH is 1. The molecule has 0 spiro atoms. The third kappa shape index (κ3) is 5.19. The highest BCUT2D eigenvalue weighted by molar-refractivity contribution is 8.50. The summed E-state index contributed by atoms with van der Waals surface area (Å²) in [5, 5.41) is 24.7. The fourth-order valence-corrected chi connectivity index (χ4v) is 6.45. The summed E-state index contributed by atoms with van der Waals surface area (Å²) in [5.41, 5.74) is 4.41. The average Bonchev–Trinajstić information content (AvgIpc) is 3.18. The minimum atomic E-state index is -2.71. The fourth-order valence-electron chi connectivity index (χ4n) is 4.07. The lowest BCUT2D eigenvalue weighted by molar-refractivity contribution is -0.126. The molecule has 0 radical (unpaired) electrons. The van der Waals surface area contributed by atoms with Crippen LogP contribution in [0.4, 0.5) is 22.2 Å². The highest BCUT2D eigenvalue weighted by atomic mass is 32.7. The van der Waals surface area contributed by atoms with Gasteiger partial charge in [0.05, 0.1) is 13.7 Å². The molecule has 1 aromatic rings. The second-order valence-electron chi connectivity index (χ2n) is 8.53. The molecule has 2 aliphatic heterocycles. The number of anilines is 3. The van der Waals surface area contributed by atoms with Gasteiger partial charge < -0.3 is 45.1 Å².